The van der Waals surface area contributed by atoms with Crippen molar-refractivity contribution in [2.75, 3.05) is 7.05 Å². The molecule has 0 atom stereocenters. The van der Waals surface area contributed by atoms with E-state index < -0.39 is 0 Å². The third kappa shape index (κ3) is 4.09. The summed E-state index contributed by atoms with van der Waals surface area (Å²) >= 11 is 0. The monoisotopic (exact) mass is 391 g/mol. The molecule has 148 valence electrons. The Bertz CT molecular complexity index is 1100. The lowest BCUT2D eigenvalue weighted by atomic mass is 10.2. The normalized spacial score (nSPS) is 11.3. The molecule has 6 nitrogen and oxygen atoms in total. The van der Waals surface area contributed by atoms with E-state index in [1.54, 1.807) is 12.1 Å². The first-order valence-corrected chi connectivity index (χ1v) is 9.39. The number of rotatable bonds is 6. The lowest BCUT2D eigenvalue weighted by molar-refractivity contribution is 0.260. The number of halogens is 1. The predicted octanol–water partition coefficient (Wildman–Crippen LogP) is 4.31. The van der Waals surface area contributed by atoms with Crippen LogP contribution in [0.1, 0.15) is 22.8 Å². The van der Waals surface area contributed by atoms with Crippen LogP contribution in [0.4, 0.5) is 4.39 Å². The van der Waals surface area contributed by atoms with E-state index in [9.17, 15) is 4.39 Å². The van der Waals surface area contributed by atoms with Crippen LogP contribution in [0.25, 0.3) is 17.1 Å². The molecule has 0 spiro atoms. The molecule has 0 aliphatic carbocycles. The van der Waals surface area contributed by atoms with Gasteiger partial charge in [-0.3, -0.25) is 4.90 Å². The van der Waals surface area contributed by atoms with Gasteiger partial charge in [-0.15, -0.1) is 0 Å². The highest BCUT2D eigenvalue weighted by atomic mass is 19.1. The molecule has 4 aromatic rings. The number of aromatic nitrogens is 4. The standard InChI is InChI=1S/C22H22FN5O/c1-15-20(16(2)28(25-15)19-7-5-4-6-8-19)13-27(3)14-21-24-22(26-29-21)17-9-11-18(23)12-10-17/h4-12H,13-14H2,1-3H3. The molecule has 0 aliphatic heterocycles. The summed E-state index contributed by atoms with van der Waals surface area (Å²) in [6.07, 6.45) is 0. The van der Waals surface area contributed by atoms with Gasteiger partial charge in [-0.2, -0.15) is 10.1 Å². The Morgan fingerprint density at radius 2 is 1.72 bits per heavy atom. The highest BCUT2D eigenvalue weighted by molar-refractivity contribution is 5.53. The second kappa shape index (κ2) is 7.97. The summed E-state index contributed by atoms with van der Waals surface area (Å²) in [6, 6.07) is 16.1. The van der Waals surface area contributed by atoms with Crippen LogP contribution in [-0.4, -0.2) is 31.9 Å². The summed E-state index contributed by atoms with van der Waals surface area (Å²) in [5, 5.41) is 8.70. The van der Waals surface area contributed by atoms with Crippen LogP contribution in [0, 0.1) is 19.7 Å². The Kier molecular flexibility index (Phi) is 5.22. The number of hydrogen-bond acceptors (Lipinski definition) is 5. The average Bonchev–Trinajstić information content (AvgIpc) is 3.29. The molecule has 0 aliphatic rings. The topological polar surface area (TPSA) is 60.0 Å². The number of benzene rings is 2. The molecule has 2 aromatic heterocycles. The SMILES string of the molecule is Cc1nn(-c2ccccc2)c(C)c1CN(C)Cc1nc(-c2ccc(F)cc2)no1. The maximum atomic E-state index is 13.1. The molecule has 0 saturated carbocycles. The lowest BCUT2D eigenvalue weighted by Crippen LogP contribution is -2.18. The Labute approximate surface area is 168 Å². The molecule has 0 fully saturated rings. The van der Waals surface area contributed by atoms with Crippen molar-refractivity contribution in [2.45, 2.75) is 26.9 Å². The van der Waals surface area contributed by atoms with E-state index in [-0.39, 0.29) is 5.82 Å². The summed E-state index contributed by atoms with van der Waals surface area (Å²) in [6.45, 7) is 5.31. The van der Waals surface area contributed by atoms with Gasteiger partial charge in [-0.1, -0.05) is 23.4 Å². The Hall–Kier alpha value is -3.32. The minimum absolute atomic E-state index is 0.293. The number of aryl methyl sites for hydroxylation is 1. The van der Waals surface area contributed by atoms with Crippen LogP contribution in [0.3, 0.4) is 0 Å². The van der Waals surface area contributed by atoms with Crippen molar-refractivity contribution in [3.8, 4) is 17.1 Å². The van der Waals surface area contributed by atoms with Crippen LogP contribution in [-0.2, 0) is 13.1 Å². The third-order valence-corrected chi connectivity index (χ3v) is 4.85. The van der Waals surface area contributed by atoms with E-state index in [2.05, 4.69) is 22.0 Å². The smallest absolute Gasteiger partial charge is 0.241 e. The second-order valence-electron chi connectivity index (χ2n) is 7.09. The predicted molar refractivity (Wildman–Crippen MR) is 108 cm³/mol. The van der Waals surface area contributed by atoms with Crippen molar-refractivity contribution in [1.29, 1.82) is 0 Å². The van der Waals surface area contributed by atoms with E-state index >= 15 is 0 Å². The third-order valence-electron chi connectivity index (χ3n) is 4.85. The quantitative estimate of drug-likeness (QED) is 0.490. The molecule has 2 aromatic carbocycles. The summed E-state index contributed by atoms with van der Waals surface area (Å²) in [5.41, 5.74) is 5.05. The zero-order chi connectivity index (χ0) is 20.4. The lowest BCUT2D eigenvalue weighted by Gasteiger charge is -2.14. The van der Waals surface area contributed by atoms with Gasteiger partial charge in [0.05, 0.1) is 17.9 Å². The fourth-order valence-electron chi connectivity index (χ4n) is 3.32. The van der Waals surface area contributed by atoms with Crippen LogP contribution >= 0.6 is 0 Å². The van der Waals surface area contributed by atoms with Crippen LogP contribution in [0.2, 0.25) is 0 Å². The molecule has 0 unspecified atom stereocenters. The zero-order valence-corrected chi connectivity index (χ0v) is 16.6. The molecule has 4 rings (SSSR count). The molecule has 0 radical (unpaired) electrons. The fourth-order valence-corrected chi connectivity index (χ4v) is 3.32. The highest BCUT2D eigenvalue weighted by Gasteiger charge is 2.16. The molecular weight excluding hydrogens is 369 g/mol. The second-order valence-corrected chi connectivity index (χ2v) is 7.09. The first-order valence-electron chi connectivity index (χ1n) is 9.39. The highest BCUT2D eigenvalue weighted by Crippen LogP contribution is 2.21. The minimum Gasteiger partial charge on any atom is -0.338 e. The Morgan fingerprint density at radius 1 is 1.00 bits per heavy atom. The minimum atomic E-state index is -0.293. The van der Waals surface area contributed by atoms with E-state index in [1.165, 1.54) is 17.7 Å². The van der Waals surface area contributed by atoms with E-state index in [0.29, 0.717) is 24.8 Å². The Balaban J connectivity index is 1.47. The van der Waals surface area contributed by atoms with Gasteiger partial charge >= 0.3 is 0 Å². The number of hydrogen-bond donors (Lipinski definition) is 0. The number of nitrogens with zero attached hydrogens (tertiary/aromatic N) is 5. The molecular formula is C22H22FN5O. The molecule has 0 saturated heterocycles. The Morgan fingerprint density at radius 3 is 2.45 bits per heavy atom. The summed E-state index contributed by atoms with van der Waals surface area (Å²) < 4.78 is 20.4. The van der Waals surface area contributed by atoms with Crippen molar-refractivity contribution in [2.24, 2.45) is 0 Å². The first-order chi connectivity index (χ1) is 14.0. The summed E-state index contributed by atoms with van der Waals surface area (Å²) in [7, 11) is 2.00. The van der Waals surface area contributed by atoms with Crippen molar-refractivity contribution in [1.82, 2.24) is 24.8 Å². The molecule has 0 bridgehead atoms. The van der Waals surface area contributed by atoms with E-state index in [0.717, 1.165) is 22.6 Å². The van der Waals surface area contributed by atoms with Crippen LogP contribution in [0.15, 0.2) is 59.1 Å². The van der Waals surface area contributed by atoms with Gasteiger partial charge < -0.3 is 4.52 Å². The molecule has 7 heteroatoms. The van der Waals surface area contributed by atoms with Crippen molar-refractivity contribution in [3.63, 3.8) is 0 Å². The maximum Gasteiger partial charge on any atom is 0.241 e. The molecule has 0 N–H and O–H groups in total. The van der Waals surface area contributed by atoms with Crippen molar-refractivity contribution < 1.29 is 8.91 Å². The summed E-state index contributed by atoms with van der Waals surface area (Å²) in [5.74, 6) is 0.675. The van der Waals surface area contributed by atoms with E-state index in [1.807, 2.05) is 49.0 Å². The summed E-state index contributed by atoms with van der Waals surface area (Å²) in [4.78, 5) is 6.53. The van der Waals surface area contributed by atoms with Gasteiger partial charge in [0.2, 0.25) is 11.7 Å². The fraction of sp³-hybridized carbons (Fsp3) is 0.227. The van der Waals surface area contributed by atoms with Crippen molar-refractivity contribution >= 4 is 0 Å². The van der Waals surface area contributed by atoms with Gasteiger partial charge in [0, 0.05) is 23.4 Å². The van der Waals surface area contributed by atoms with Gasteiger partial charge in [0.15, 0.2) is 0 Å². The van der Waals surface area contributed by atoms with Gasteiger partial charge in [0.25, 0.3) is 0 Å². The first kappa shape index (κ1) is 19.0. The number of para-hydroxylation sites is 1. The maximum absolute atomic E-state index is 13.1. The average molecular weight is 391 g/mol. The molecule has 29 heavy (non-hydrogen) atoms. The van der Waals surface area contributed by atoms with Gasteiger partial charge in [0.1, 0.15) is 5.82 Å². The largest absolute Gasteiger partial charge is 0.338 e. The molecule has 2 heterocycles. The van der Waals surface area contributed by atoms with Crippen LogP contribution in [0.5, 0.6) is 0 Å². The van der Waals surface area contributed by atoms with E-state index in [4.69, 9.17) is 9.62 Å². The van der Waals surface area contributed by atoms with Gasteiger partial charge in [-0.25, -0.2) is 9.07 Å². The van der Waals surface area contributed by atoms with Crippen LogP contribution < -0.4 is 0 Å². The van der Waals surface area contributed by atoms with Crippen molar-refractivity contribution in [3.05, 3.63) is 83.3 Å². The van der Waals surface area contributed by atoms with Gasteiger partial charge in [-0.05, 0) is 57.3 Å². The molecule has 0 amide bonds. The zero-order valence-electron chi connectivity index (χ0n) is 16.6.